The Labute approximate surface area is 104 Å². The predicted molar refractivity (Wildman–Crippen MR) is 69.3 cm³/mol. The lowest BCUT2D eigenvalue weighted by molar-refractivity contribution is 0.561. The van der Waals surface area contributed by atoms with Crippen molar-refractivity contribution < 1.29 is 4.42 Å². The quantitative estimate of drug-likeness (QED) is 0.746. The van der Waals surface area contributed by atoms with Crippen LogP contribution in [0.25, 0.3) is 22.4 Å². The number of anilines is 1. The first-order valence-electron chi connectivity index (χ1n) is 5.65. The SMILES string of the molecule is CNc1ccc(-c2ccc3nc(C)oc3c2)nn1. The van der Waals surface area contributed by atoms with Gasteiger partial charge in [-0.2, -0.15) is 0 Å². The zero-order valence-corrected chi connectivity index (χ0v) is 10.1. The average Bonchev–Trinajstić information content (AvgIpc) is 2.78. The molecule has 5 nitrogen and oxygen atoms in total. The third kappa shape index (κ3) is 1.79. The van der Waals surface area contributed by atoms with Crippen molar-refractivity contribution in [2.75, 3.05) is 12.4 Å². The van der Waals surface area contributed by atoms with Gasteiger partial charge in [0.2, 0.25) is 0 Å². The first-order valence-corrected chi connectivity index (χ1v) is 5.65. The number of benzene rings is 1. The molecule has 2 aromatic heterocycles. The summed E-state index contributed by atoms with van der Waals surface area (Å²) in [5.41, 5.74) is 3.40. The third-order valence-corrected chi connectivity index (χ3v) is 2.71. The molecular weight excluding hydrogens is 228 g/mol. The number of nitrogens with one attached hydrogen (secondary N) is 1. The third-order valence-electron chi connectivity index (χ3n) is 2.71. The molecule has 0 amide bonds. The van der Waals surface area contributed by atoms with Crippen molar-refractivity contribution >= 4 is 16.9 Å². The van der Waals surface area contributed by atoms with Gasteiger partial charge in [0.25, 0.3) is 0 Å². The summed E-state index contributed by atoms with van der Waals surface area (Å²) in [6.45, 7) is 1.83. The van der Waals surface area contributed by atoms with E-state index in [1.165, 1.54) is 0 Å². The standard InChI is InChI=1S/C13H12N4O/c1-8-15-11-4-3-9(7-12(11)18-8)10-5-6-13(14-2)17-16-10/h3-7H,1-2H3,(H,14,17). The fourth-order valence-electron chi connectivity index (χ4n) is 1.82. The first-order chi connectivity index (χ1) is 8.76. The van der Waals surface area contributed by atoms with Crippen molar-refractivity contribution in [1.29, 1.82) is 0 Å². The Hall–Kier alpha value is -2.43. The van der Waals surface area contributed by atoms with Crippen molar-refractivity contribution in [2.24, 2.45) is 0 Å². The van der Waals surface area contributed by atoms with Crippen LogP contribution in [0.4, 0.5) is 5.82 Å². The monoisotopic (exact) mass is 240 g/mol. The minimum Gasteiger partial charge on any atom is -0.441 e. The van der Waals surface area contributed by atoms with Gasteiger partial charge in [-0.15, -0.1) is 10.2 Å². The fraction of sp³-hybridized carbons (Fsp3) is 0.154. The molecule has 5 heteroatoms. The Morgan fingerprint density at radius 2 is 2.00 bits per heavy atom. The number of aromatic nitrogens is 3. The number of fused-ring (bicyclic) bond motifs is 1. The summed E-state index contributed by atoms with van der Waals surface area (Å²) in [5.74, 6) is 1.41. The lowest BCUT2D eigenvalue weighted by atomic mass is 10.1. The Kier molecular flexibility index (Phi) is 2.44. The number of hydrogen-bond donors (Lipinski definition) is 1. The van der Waals surface area contributed by atoms with Crippen molar-refractivity contribution in [1.82, 2.24) is 15.2 Å². The van der Waals surface area contributed by atoms with E-state index < -0.39 is 0 Å². The van der Waals surface area contributed by atoms with E-state index in [4.69, 9.17) is 4.42 Å². The summed E-state index contributed by atoms with van der Waals surface area (Å²) < 4.78 is 5.50. The van der Waals surface area contributed by atoms with Gasteiger partial charge in [0, 0.05) is 19.5 Å². The molecule has 1 aromatic carbocycles. The van der Waals surface area contributed by atoms with E-state index in [2.05, 4.69) is 20.5 Å². The van der Waals surface area contributed by atoms with Gasteiger partial charge in [-0.1, -0.05) is 6.07 Å². The maximum absolute atomic E-state index is 5.50. The minimum absolute atomic E-state index is 0.666. The molecule has 1 N–H and O–H groups in total. The molecule has 0 fully saturated rings. The van der Waals surface area contributed by atoms with Crippen LogP contribution in [0.3, 0.4) is 0 Å². The highest BCUT2D eigenvalue weighted by atomic mass is 16.3. The Morgan fingerprint density at radius 1 is 1.11 bits per heavy atom. The molecule has 0 atom stereocenters. The molecule has 0 spiro atoms. The molecule has 0 saturated carbocycles. The normalized spacial score (nSPS) is 10.8. The topological polar surface area (TPSA) is 63.8 Å². The molecule has 0 aliphatic heterocycles. The summed E-state index contributed by atoms with van der Waals surface area (Å²) in [6.07, 6.45) is 0. The molecule has 0 radical (unpaired) electrons. The maximum Gasteiger partial charge on any atom is 0.192 e. The highest BCUT2D eigenvalue weighted by Crippen LogP contribution is 2.23. The molecule has 0 unspecified atom stereocenters. The molecule has 0 aliphatic rings. The van der Waals surface area contributed by atoms with Crippen molar-refractivity contribution in [2.45, 2.75) is 6.92 Å². The van der Waals surface area contributed by atoms with E-state index in [-0.39, 0.29) is 0 Å². The van der Waals surface area contributed by atoms with Crippen molar-refractivity contribution in [3.8, 4) is 11.3 Å². The zero-order valence-electron chi connectivity index (χ0n) is 10.1. The van der Waals surface area contributed by atoms with Gasteiger partial charge < -0.3 is 9.73 Å². The van der Waals surface area contributed by atoms with Crippen molar-refractivity contribution in [3.05, 3.63) is 36.2 Å². The number of hydrogen-bond acceptors (Lipinski definition) is 5. The van der Waals surface area contributed by atoms with Crippen LogP contribution in [-0.2, 0) is 0 Å². The van der Waals surface area contributed by atoms with E-state index in [1.807, 2.05) is 44.3 Å². The minimum atomic E-state index is 0.666. The van der Waals surface area contributed by atoms with Crippen LogP contribution in [-0.4, -0.2) is 22.2 Å². The largest absolute Gasteiger partial charge is 0.441 e. The maximum atomic E-state index is 5.50. The molecule has 90 valence electrons. The molecule has 3 aromatic rings. The number of rotatable bonds is 2. The van der Waals surface area contributed by atoms with E-state index in [1.54, 1.807) is 0 Å². The van der Waals surface area contributed by atoms with Gasteiger partial charge in [0.15, 0.2) is 11.5 Å². The van der Waals surface area contributed by atoms with Crippen LogP contribution in [0.2, 0.25) is 0 Å². The lowest BCUT2D eigenvalue weighted by Crippen LogP contribution is -1.95. The lowest BCUT2D eigenvalue weighted by Gasteiger charge is -2.01. The van der Waals surface area contributed by atoms with Crippen molar-refractivity contribution in [3.63, 3.8) is 0 Å². The second-order valence-electron chi connectivity index (χ2n) is 3.97. The van der Waals surface area contributed by atoms with Gasteiger partial charge in [-0.05, 0) is 24.3 Å². The van der Waals surface area contributed by atoms with Gasteiger partial charge in [-0.25, -0.2) is 4.98 Å². The zero-order chi connectivity index (χ0) is 12.5. The van der Waals surface area contributed by atoms with Gasteiger partial charge in [0.05, 0.1) is 5.69 Å². The molecule has 18 heavy (non-hydrogen) atoms. The number of nitrogens with zero attached hydrogens (tertiary/aromatic N) is 3. The molecule has 0 bridgehead atoms. The summed E-state index contributed by atoms with van der Waals surface area (Å²) in [7, 11) is 1.81. The molecule has 0 aliphatic carbocycles. The Morgan fingerprint density at radius 3 is 2.72 bits per heavy atom. The van der Waals surface area contributed by atoms with Gasteiger partial charge in [0.1, 0.15) is 11.3 Å². The smallest absolute Gasteiger partial charge is 0.192 e. The molecule has 2 heterocycles. The summed E-state index contributed by atoms with van der Waals surface area (Å²) in [5, 5.41) is 11.1. The van der Waals surface area contributed by atoms with Crippen LogP contribution in [0.5, 0.6) is 0 Å². The highest BCUT2D eigenvalue weighted by Gasteiger charge is 2.06. The van der Waals surface area contributed by atoms with Crippen LogP contribution in [0.15, 0.2) is 34.7 Å². The summed E-state index contributed by atoms with van der Waals surface area (Å²) in [6, 6.07) is 9.63. The molecule has 3 rings (SSSR count). The van der Waals surface area contributed by atoms with Gasteiger partial charge in [-0.3, -0.25) is 0 Å². The first kappa shape index (κ1) is 10.7. The van der Waals surface area contributed by atoms with Crippen LogP contribution in [0.1, 0.15) is 5.89 Å². The summed E-state index contributed by atoms with van der Waals surface area (Å²) in [4.78, 5) is 4.26. The van der Waals surface area contributed by atoms with E-state index in [9.17, 15) is 0 Å². The van der Waals surface area contributed by atoms with Crippen LogP contribution < -0.4 is 5.32 Å². The number of oxazole rings is 1. The molecular formula is C13H12N4O. The second kappa shape index (κ2) is 4.10. The highest BCUT2D eigenvalue weighted by molar-refractivity contribution is 5.79. The van der Waals surface area contributed by atoms with Crippen LogP contribution >= 0.6 is 0 Å². The average molecular weight is 240 g/mol. The summed E-state index contributed by atoms with van der Waals surface area (Å²) >= 11 is 0. The van der Waals surface area contributed by atoms with E-state index >= 15 is 0 Å². The van der Waals surface area contributed by atoms with E-state index in [0.717, 1.165) is 28.2 Å². The van der Waals surface area contributed by atoms with E-state index in [0.29, 0.717) is 5.89 Å². The van der Waals surface area contributed by atoms with Gasteiger partial charge >= 0.3 is 0 Å². The second-order valence-corrected chi connectivity index (χ2v) is 3.97. The Bertz CT molecular complexity index is 688. The Balaban J connectivity index is 2.06. The number of aryl methyl sites for hydroxylation is 1. The fourth-order valence-corrected chi connectivity index (χ4v) is 1.82. The predicted octanol–water partition coefficient (Wildman–Crippen LogP) is 2.63. The molecule has 0 saturated heterocycles. The van der Waals surface area contributed by atoms with Crippen LogP contribution in [0, 0.1) is 6.92 Å².